The number of anilines is 1. The highest BCUT2D eigenvalue weighted by Gasteiger charge is 2.39. The van der Waals surface area contributed by atoms with E-state index in [0.717, 1.165) is 23.6 Å². The fraction of sp³-hybridized carbons (Fsp3) is 0.324. The van der Waals surface area contributed by atoms with E-state index < -0.39 is 17.9 Å². The summed E-state index contributed by atoms with van der Waals surface area (Å²) >= 11 is 1.41. The second kappa shape index (κ2) is 12.2. The van der Waals surface area contributed by atoms with Crippen molar-refractivity contribution in [3.05, 3.63) is 106 Å². The van der Waals surface area contributed by atoms with Crippen molar-refractivity contribution in [3.8, 4) is 11.5 Å². The normalized spacial score (nSPS) is 21.7. The van der Waals surface area contributed by atoms with Gasteiger partial charge in [0.2, 0.25) is 0 Å². The monoisotopic (exact) mass is 635 g/mol. The second-order valence-corrected chi connectivity index (χ2v) is 12.3. The number of thiazole rings is 1. The average molecular weight is 636 g/mol. The number of aromatic nitrogens is 1. The summed E-state index contributed by atoms with van der Waals surface area (Å²) in [4.78, 5) is 33.0. The fourth-order valence-electron chi connectivity index (χ4n) is 5.80. The maximum absolute atomic E-state index is 14.6. The fourth-order valence-corrected chi connectivity index (χ4v) is 6.78. The zero-order valence-electron chi connectivity index (χ0n) is 24.8. The molecule has 11 heteroatoms. The molecule has 3 heterocycles. The minimum Gasteiger partial charge on any atom is -0.419 e. The Labute approximate surface area is 263 Å². The number of likely N-dealkylation sites (tertiary alicyclic amines) is 1. The van der Waals surface area contributed by atoms with Crippen LogP contribution in [-0.2, 0) is 0 Å². The van der Waals surface area contributed by atoms with E-state index in [4.69, 9.17) is 9.47 Å². The summed E-state index contributed by atoms with van der Waals surface area (Å²) in [7, 11) is 0. The van der Waals surface area contributed by atoms with Crippen LogP contribution in [0.4, 0.5) is 18.9 Å². The van der Waals surface area contributed by atoms with Crippen LogP contribution in [0, 0.1) is 0 Å². The number of benzene rings is 2. The van der Waals surface area contributed by atoms with Gasteiger partial charge in [-0.3, -0.25) is 9.59 Å². The molecule has 2 atom stereocenters. The molecule has 0 spiro atoms. The number of piperidine rings is 1. The molecule has 1 saturated heterocycles. The number of nitrogens with one attached hydrogen (secondary N) is 1. The van der Waals surface area contributed by atoms with Gasteiger partial charge in [0.25, 0.3) is 17.7 Å². The predicted octanol–water partition coefficient (Wildman–Crippen LogP) is 8.01. The summed E-state index contributed by atoms with van der Waals surface area (Å²) in [5, 5.41) is 5.31. The number of carbonyl (C=O) groups excluding carboxylic acids is 2. The van der Waals surface area contributed by atoms with E-state index >= 15 is 0 Å². The number of allylic oxidation sites excluding steroid dienone is 5. The van der Waals surface area contributed by atoms with E-state index in [2.05, 4.69) is 10.3 Å². The topological polar surface area (TPSA) is 80.8 Å². The summed E-state index contributed by atoms with van der Waals surface area (Å²) < 4.78 is 52.5. The van der Waals surface area contributed by atoms with Gasteiger partial charge in [-0.15, -0.1) is 11.3 Å². The Morgan fingerprint density at radius 3 is 2.60 bits per heavy atom. The number of amides is 2. The van der Waals surface area contributed by atoms with Crippen LogP contribution in [0.2, 0.25) is 0 Å². The van der Waals surface area contributed by atoms with E-state index in [1.54, 1.807) is 36.6 Å². The molecule has 234 valence electrons. The van der Waals surface area contributed by atoms with Crippen molar-refractivity contribution >= 4 is 28.8 Å². The van der Waals surface area contributed by atoms with Crippen molar-refractivity contribution in [2.75, 3.05) is 18.4 Å². The lowest BCUT2D eigenvalue weighted by Gasteiger charge is -2.32. The number of nitrogens with zero attached hydrogens (tertiary/aromatic N) is 2. The molecule has 0 saturated carbocycles. The van der Waals surface area contributed by atoms with Gasteiger partial charge in [0.05, 0.1) is 5.01 Å². The smallest absolute Gasteiger partial charge is 0.419 e. The molecular formula is C34H32F3N3O4S. The average Bonchev–Trinajstić information content (AvgIpc) is 3.65. The van der Waals surface area contributed by atoms with Crippen LogP contribution in [-0.4, -0.2) is 46.8 Å². The molecule has 7 nitrogen and oxygen atoms in total. The molecule has 1 aliphatic carbocycles. The quantitative estimate of drug-likeness (QED) is 0.266. The van der Waals surface area contributed by atoms with Crippen molar-refractivity contribution in [2.45, 2.75) is 56.9 Å². The van der Waals surface area contributed by atoms with Crippen molar-refractivity contribution in [2.24, 2.45) is 0 Å². The number of carbonyl (C=O) groups is 2. The molecule has 1 N–H and O–H groups in total. The Bertz CT molecular complexity index is 1700. The molecule has 3 aliphatic rings. The first-order chi connectivity index (χ1) is 21.5. The molecule has 3 aromatic rings. The Kier molecular flexibility index (Phi) is 8.30. The molecule has 2 unspecified atom stereocenters. The first-order valence-corrected chi connectivity index (χ1v) is 15.7. The standard InChI is InChI=1S/C34H32F3N3O4S/c1-3-16-34(37)43-28-13-12-24(19-29(28)44-34)38-30(41)27-20-45-31(39-27)22-14-17-40(18-15-22)32(42)26-7-5-4-6-25(26)21-8-10-23(11-9-21)33(2,35)36/h3-8,10-13,16,19-22H,9,14-15,17-18H2,1-2H3,(H,38,41)/b16-3+. The van der Waals surface area contributed by atoms with Gasteiger partial charge in [0, 0.05) is 66.2 Å². The van der Waals surface area contributed by atoms with Crippen molar-refractivity contribution in [3.63, 3.8) is 0 Å². The van der Waals surface area contributed by atoms with Gasteiger partial charge in [-0.25, -0.2) is 13.8 Å². The second-order valence-electron chi connectivity index (χ2n) is 11.4. The number of fused-ring (bicyclic) bond motifs is 1. The van der Waals surface area contributed by atoms with Gasteiger partial charge in [-0.05, 0) is 49.9 Å². The summed E-state index contributed by atoms with van der Waals surface area (Å²) in [5.41, 5.74) is 2.09. The highest BCUT2D eigenvalue weighted by Crippen LogP contribution is 2.42. The van der Waals surface area contributed by atoms with Crippen molar-refractivity contribution in [1.29, 1.82) is 0 Å². The molecule has 1 aromatic heterocycles. The maximum atomic E-state index is 14.6. The molecule has 2 amide bonds. The maximum Gasteiger partial charge on any atom is 0.430 e. The first kappa shape index (κ1) is 30.6. The van der Waals surface area contributed by atoms with Gasteiger partial charge in [0.15, 0.2) is 11.5 Å². The van der Waals surface area contributed by atoms with Crippen LogP contribution in [0.3, 0.4) is 0 Å². The zero-order valence-corrected chi connectivity index (χ0v) is 25.6. The largest absolute Gasteiger partial charge is 0.430 e. The lowest BCUT2D eigenvalue weighted by Crippen LogP contribution is -2.38. The number of hydrogen-bond donors (Lipinski definition) is 1. The number of halogens is 3. The molecule has 2 aliphatic heterocycles. The van der Waals surface area contributed by atoms with Crippen LogP contribution in [0.1, 0.15) is 76.4 Å². The molecule has 0 bridgehead atoms. The first-order valence-electron chi connectivity index (χ1n) is 14.8. The Morgan fingerprint density at radius 2 is 1.89 bits per heavy atom. The molecule has 0 radical (unpaired) electrons. The molecular weight excluding hydrogens is 603 g/mol. The van der Waals surface area contributed by atoms with Crippen LogP contribution < -0.4 is 14.8 Å². The lowest BCUT2D eigenvalue weighted by molar-refractivity contribution is -0.146. The van der Waals surface area contributed by atoms with Crippen LogP contribution in [0.15, 0.2) is 83.8 Å². The van der Waals surface area contributed by atoms with Gasteiger partial charge >= 0.3 is 6.04 Å². The number of ether oxygens (including phenoxy) is 2. The van der Waals surface area contributed by atoms with Crippen molar-refractivity contribution < 1.29 is 32.2 Å². The number of alkyl halides is 3. The number of hydrogen-bond acceptors (Lipinski definition) is 6. The third-order valence-corrected chi connectivity index (χ3v) is 9.16. The third kappa shape index (κ3) is 6.54. The lowest BCUT2D eigenvalue weighted by atomic mass is 9.85. The minimum atomic E-state index is -2.89. The minimum absolute atomic E-state index is 0.00480. The van der Waals surface area contributed by atoms with E-state index in [1.165, 1.54) is 35.6 Å². The van der Waals surface area contributed by atoms with Crippen LogP contribution in [0.25, 0.3) is 0 Å². The molecule has 1 fully saturated rings. The van der Waals surface area contributed by atoms with Crippen molar-refractivity contribution in [1.82, 2.24) is 9.88 Å². The number of rotatable bonds is 7. The zero-order chi connectivity index (χ0) is 31.8. The third-order valence-electron chi connectivity index (χ3n) is 8.15. The highest BCUT2D eigenvalue weighted by molar-refractivity contribution is 7.10. The Hall–Kier alpha value is -4.38. The Balaban J connectivity index is 1.06. The summed E-state index contributed by atoms with van der Waals surface area (Å²) in [6.45, 7) is 3.61. The van der Waals surface area contributed by atoms with Gasteiger partial charge in [-0.1, -0.05) is 42.5 Å². The van der Waals surface area contributed by atoms with E-state index in [9.17, 15) is 22.8 Å². The molecule has 6 rings (SSSR count). The molecule has 45 heavy (non-hydrogen) atoms. The van der Waals surface area contributed by atoms with Crippen LogP contribution in [0.5, 0.6) is 11.5 Å². The van der Waals surface area contributed by atoms with E-state index in [-0.39, 0.29) is 40.5 Å². The predicted molar refractivity (Wildman–Crippen MR) is 166 cm³/mol. The van der Waals surface area contributed by atoms with E-state index in [0.29, 0.717) is 43.6 Å². The van der Waals surface area contributed by atoms with Gasteiger partial charge in [-0.2, -0.15) is 4.39 Å². The van der Waals surface area contributed by atoms with Gasteiger partial charge in [0.1, 0.15) is 5.69 Å². The van der Waals surface area contributed by atoms with Crippen LogP contribution >= 0.6 is 11.3 Å². The molecule has 2 aromatic carbocycles. The summed E-state index contributed by atoms with van der Waals surface area (Å²) in [6.07, 6.45) is 9.21. The summed E-state index contributed by atoms with van der Waals surface area (Å²) in [6, 6.07) is 9.62. The SMILES string of the molecule is C/C=C/C1(F)Oc2ccc(NC(=O)c3csc(C4CCN(C(=O)c5ccccc5C5C=CC(C(C)(F)F)=CC5)CC4)n3)cc2O1. The van der Waals surface area contributed by atoms with Gasteiger partial charge < -0.3 is 19.7 Å². The summed E-state index contributed by atoms with van der Waals surface area (Å²) in [5.74, 6) is -3.01. The highest BCUT2D eigenvalue weighted by atomic mass is 32.1. The Morgan fingerprint density at radius 1 is 1.13 bits per heavy atom. The van der Waals surface area contributed by atoms with E-state index in [1.807, 2.05) is 23.1 Å².